The van der Waals surface area contributed by atoms with Crippen LogP contribution >= 0.6 is 0 Å². The molecule has 0 aliphatic heterocycles. The highest BCUT2D eigenvalue weighted by atomic mass is 19.4. The van der Waals surface area contributed by atoms with Gasteiger partial charge in [-0.05, 0) is 24.3 Å². The van der Waals surface area contributed by atoms with Crippen LogP contribution in [-0.2, 0) is 6.18 Å². The van der Waals surface area contributed by atoms with Gasteiger partial charge in [-0.2, -0.15) is 13.2 Å². The molecule has 4 nitrogen and oxygen atoms in total. The first-order valence-electron chi connectivity index (χ1n) is 3.82. The van der Waals surface area contributed by atoms with Crippen LogP contribution in [0.3, 0.4) is 0 Å². The molecule has 0 aliphatic carbocycles. The number of hydrazine groups is 1. The first kappa shape index (κ1) is 11.2. The van der Waals surface area contributed by atoms with Crippen LogP contribution in [0, 0.1) is 0 Å². The van der Waals surface area contributed by atoms with Gasteiger partial charge in [0.05, 0.1) is 11.3 Å². The number of nitrogens with one attached hydrogen (secondary N) is 2. The molecule has 0 atom stereocenters. The second-order valence-corrected chi connectivity index (χ2v) is 2.63. The van der Waals surface area contributed by atoms with Crippen LogP contribution in [0.25, 0.3) is 0 Å². The lowest BCUT2D eigenvalue weighted by Crippen LogP contribution is -2.27. The molecule has 0 radical (unpaired) electrons. The van der Waals surface area contributed by atoms with E-state index in [1.807, 2.05) is 0 Å². The van der Waals surface area contributed by atoms with Crippen LogP contribution in [-0.4, -0.2) is 11.2 Å². The first-order valence-corrected chi connectivity index (χ1v) is 3.82. The van der Waals surface area contributed by atoms with Gasteiger partial charge in [-0.25, -0.2) is 10.2 Å². The zero-order chi connectivity index (χ0) is 11.5. The zero-order valence-corrected chi connectivity index (χ0v) is 7.30. The predicted octanol–water partition coefficient (Wildman–Crippen LogP) is 2.30. The van der Waals surface area contributed by atoms with E-state index in [9.17, 15) is 18.0 Å². The van der Waals surface area contributed by atoms with Crippen molar-refractivity contribution in [3.8, 4) is 0 Å². The summed E-state index contributed by atoms with van der Waals surface area (Å²) in [4.78, 5) is 10.0. The molecule has 0 fully saturated rings. The molecular weight excluding hydrogens is 213 g/mol. The quantitative estimate of drug-likeness (QED) is 0.670. The smallest absolute Gasteiger partial charge is 0.423 e. The number of hydrogen-bond donors (Lipinski definition) is 3. The summed E-state index contributed by atoms with van der Waals surface area (Å²) in [5.41, 5.74) is 3.45. The van der Waals surface area contributed by atoms with Crippen molar-refractivity contribution in [3.05, 3.63) is 29.8 Å². The van der Waals surface area contributed by atoms with E-state index in [1.165, 1.54) is 0 Å². The molecule has 1 aromatic rings. The molecule has 1 aromatic carbocycles. The lowest BCUT2D eigenvalue weighted by Gasteiger charge is -2.08. The van der Waals surface area contributed by atoms with Gasteiger partial charge in [-0.15, -0.1) is 0 Å². The SMILES string of the molecule is O=C(O)NNc1ccc(C(F)(F)F)cc1. The van der Waals surface area contributed by atoms with E-state index in [2.05, 4.69) is 5.43 Å². The molecule has 0 unspecified atom stereocenters. The molecule has 0 aliphatic rings. The van der Waals surface area contributed by atoms with Crippen molar-refractivity contribution in [2.24, 2.45) is 0 Å². The van der Waals surface area contributed by atoms with Gasteiger partial charge in [-0.1, -0.05) is 0 Å². The molecule has 3 N–H and O–H groups in total. The Morgan fingerprint density at radius 2 is 1.73 bits per heavy atom. The van der Waals surface area contributed by atoms with Crippen LogP contribution in [0.1, 0.15) is 5.56 Å². The van der Waals surface area contributed by atoms with E-state index in [0.717, 1.165) is 24.3 Å². The summed E-state index contributed by atoms with van der Waals surface area (Å²) in [5.74, 6) is 0. The van der Waals surface area contributed by atoms with E-state index < -0.39 is 17.8 Å². The Balaban J connectivity index is 2.69. The van der Waals surface area contributed by atoms with Crippen molar-refractivity contribution < 1.29 is 23.1 Å². The fourth-order valence-corrected chi connectivity index (χ4v) is 0.868. The maximum atomic E-state index is 12.1. The van der Waals surface area contributed by atoms with Crippen LogP contribution in [0.15, 0.2) is 24.3 Å². The topological polar surface area (TPSA) is 61.4 Å². The summed E-state index contributed by atoms with van der Waals surface area (Å²) < 4.78 is 36.3. The summed E-state index contributed by atoms with van der Waals surface area (Å²) >= 11 is 0. The molecule has 0 saturated carbocycles. The fraction of sp³-hybridized carbons (Fsp3) is 0.125. The van der Waals surface area contributed by atoms with Crippen LogP contribution in [0.5, 0.6) is 0 Å². The molecule has 1 rings (SSSR count). The predicted molar refractivity (Wildman–Crippen MR) is 46.2 cm³/mol. The van der Waals surface area contributed by atoms with Crippen LogP contribution in [0.2, 0.25) is 0 Å². The second kappa shape index (κ2) is 4.07. The summed E-state index contributed by atoms with van der Waals surface area (Å²) in [6.07, 6.45) is -5.71. The Morgan fingerprint density at radius 3 is 2.13 bits per heavy atom. The van der Waals surface area contributed by atoms with Gasteiger partial charge in [0.2, 0.25) is 0 Å². The summed E-state index contributed by atoms with van der Waals surface area (Å²) in [6.45, 7) is 0. The molecule has 0 heterocycles. The molecule has 0 bridgehead atoms. The van der Waals surface area contributed by atoms with E-state index >= 15 is 0 Å². The first-order chi connectivity index (χ1) is 6.89. The van der Waals surface area contributed by atoms with Crippen LogP contribution < -0.4 is 10.9 Å². The average molecular weight is 220 g/mol. The van der Waals surface area contributed by atoms with Crippen molar-refractivity contribution in [1.29, 1.82) is 0 Å². The van der Waals surface area contributed by atoms with Crippen molar-refractivity contribution in [3.63, 3.8) is 0 Å². The normalized spacial score (nSPS) is 10.9. The Hall–Kier alpha value is -1.92. The fourth-order valence-electron chi connectivity index (χ4n) is 0.868. The van der Waals surface area contributed by atoms with Crippen molar-refractivity contribution >= 4 is 11.8 Å². The van der Waals surface area contributed by atoms with Gasteiger partial charge in [0.1, 0.15) is 0 Å². The van der Waals surface area contributed by atoms with E-state index in [1.54, 1.807) is 5.43 Å². The monoisotopic (exact) mass is 220 g/mol. The minimum absolute atomic E-state index is 0.227. The Morgan fingerprint density at radius 1 is 1.20 bits per heavy atom. The molecule has 7 heteroatoms. The second-order valence-electron chi connectivity index (χ2n) is 2.63. The highest BCUT2D eigenvalue weighted by Gasteiger charge is 2.29. The Kier molecular flexibility index (Phi) is 3.03. The van der Waals surface area contributed by atoms with Gasteiger partial charge >= 0.3 is 12.3 Å². The molecule has 1 amide bonds. The van der Waals surface area contributed by atoms with Gasteiger partial charge in [-0.3, -0.25) is 5.43 Å². The summed E-state index contributed by atoms with van der Waals surface area (Å²) in [5, 5.41) is 8.21. The van der Waals surface area contributed by atoms with E-state index in [-0.39, 0.29) is 5.69 Å². The number of hydrogen-bond acceptors (Lipinski definition) is 2. The number of benzene rings is 1. The van der Waals surface area contributed by atoms with Gasteiger partial charge in [0, 0.05) is 0 Å². The third kappa shape index (κ3) is 3.37. The summed E-state index contributed by atoms with van der Waals surface area (Å²) in [6, 6.07) is 3.95. The minimum Gasteiger partial charge on any atom is -0.464 e. The standard InChI is InChI=1S/C8H7F3N2O2/c9-8(10,11)5-1-3-6(4-2-5)12-13-7(14)15/h1-4,12-13H,(H,14,15). The maximum absolute atomic E-state index is 12.1. The maximum Gasteiger partial charge on any atom is 0.423 e. The lowest BCUT2D eigenvalue weighted by atomic mass is 10.2. The molecule has 15 heavy (non-hydrogen) atoms. The highest BCUT2D eigenvalue weighted by Crippen LogP contribution is 2.29. The average Bonchev–Trinajstić information content (AvgIpc) is 2.14. The highest BCUT2D eigenvalue weighted by molar-refractivity contribution is 5.66. The third-order valence-electron chi connectivity index (χ3n) is 1.53. The number of anilines is 1. The Bertz CT molecular complexity index is 348. The number of carbonyl (C=O) groups is 1. The van der Waals surface area contributed by atoms with Crippen molar-refractivity contribution in [1.82, 2.24) is 5.43 Å². The van der Waals surface area contributed by atoms with Crippen LogP contribution in [0.4, 0.5) is 23.7 Å². The lowest BCUT2D eigenvalue weighted by molar-refractivity contribution is -0.137. The number of rotatable bonds is 2. The van der Waals surface area contributed by atoms with E-state index in [4.69, 9.17) is 5.11 Å². The van der Waals surface area contributed by atoms with Crippen molar-refractivity contribution in [2.45, 2.75) is 6.18 Å². The molecule has 0 aromatic heterocycles. The summed E-state index contributed by atoms with van der Waals surface area (Å²) in [7, 11) is 0. The molecule has 0 saturated heterocycles. The zero-order valence-electron chi connectivity index (χ0n) is 7.30. The molecular formula is C8H7F3N2O2. The molecule has 0 spiro atoms. The van der Waals surface area contributed by atoms with Gasteiger partial charge < -0.3 is 5.11 Å². The van der Waals surface area contributed by atoms with Crippen molar-refractivity contribution in [2.75, 3.05) is 5.43 Å². The number of amides is 1. The number of carboxylic acid groups (broad SMARTS) is 1. The largest absolute Gasteiger partial charge is 0.464 e. The number of alkyl halides is 3. The molecule has 82 valence electrons. The van der Waals surface area contributed by atoms with Gasteiger partial charge in [0.25, 0.3) is 0 Å². The van der Waals surface area contributed by atoms with E-state index in [0.29, 0.717) is 0 Å². The Labute approximate surface area is 82.7 Å². The van der Waals surface area contributed by atoms with Gasteiger partial charge in [0.15, 0.2) is 0 Å². The minimum atomic E-state index is -4.39. The number of halogens is 3. The third-order valence-corrected chi connectivity index (χ3v) is 1.53.